The Morgan fingerprint density at radius 2 is 1.83 bits per heavy atom. The molecule has 7 heteroatoms. The minimum absolute atomic E-state index is 0.0172. The van der Waals surface area contributed by atoms with Crippen LogP contribution in [0, 0.1) is 11.3 Å². The molecule has 2 amide bonds. The summed E-state index contributed by atoms with van der Waals surface area (Å²) in [5.74, 6) is 0.306. The molecule has 7 nitrogen and oxygen atoms in total. The number of benzene rings is 2. The van der Waals surface area contributed by atoms with Gasteiger partial charge >= 0.3 is 0 Å². The van der Waals surface area contributed by atoms with Gasteiger partial charge in [-0.25, -0.2) is 0 Å². The number of carbonyl (C=O) groups excluding carboxylic acids is 2. The molecule has 150 valence electrons. The molecule has 0 bridgehead atoms. The maximum absolute atomic E-state index is 12.1. The van der Waals surface area contributed by atoms with E-state index >= 15 is 0 Å². The normalized spacial score (nSPS) is 10.8. The fraction of sp³-hybridized carbons (Fsp3) is 0.227. The van der Waals surface area contributed by atoms with Gasteiger partial charge in [-0.1, -0.05) is 24.3 Å². The Labute approximate surface area is 169 Å². The van der Waals surface area contributed by atoms with E-state index in [-0.39, 0.29) is 24.1 Å². The predicted octanol–water partition coefficient (Wildman–Crippen LogP) is 3.14. The molecule has 0 saturated carbocycles. The van der Waals surface area contributed by atoms with Gasteiger partial charge in [0.15, 0.2) is 6.61 Å². The second-order valence-corrected chi connectivity index (χ2v) is 6.40. The van der Waals surface area contributed by atoms with E-state index in [1.54, 1.807) is 42.5 Å². The molecular weight excluding hydrogens is 370 g/mol. The average Bonchev–Trinajstić information content (AvgIpc) is 2.71. The van der Waals surface area contributed by atoms with E-state index in [1.165, 1.54) is 13.2 Å². The highest BCUT2D eigenvalue weighted by Crippen LogP contribution is 2.23. The van der Waals surface area contributed by atoms with Crippen molar-refractivity contribution in [3.63, 3.8) is 0 Å². The highest BCUT2D eigenvalue weighted by molar-refractivity contribution is 6.01. The number of nitrogens with zero attached hydrogens (tertiary/aromatic N) is 1. The van der Waals surface area contributed by atoms with Crippen LogP contribution in [0.1, 0.15) is 19.4 Å². The Morgan fingerprint density at radius 3 is 2.45 bits per heavy atom. The van der Waals surface area contributed by atoms with E-state index < -0.39 is 5.91 Å². The monoisotopic (exact) mass is 393 g/mol. The quantitative estimate of drug-likeness (QED) is 0.530. The third-order valence-corrected chi connectivity index (χ3v) is 3.73. The molecule has 0 radical (unpaired) electrons. The molecule has 0 atom stereocenters. The second-order valence-electron chi connectivity index (χ2n) is 6.40. The number of hydrogen-bond acceptors (Lipinski definition) is 5. The van der Waals surface area contributed by atoms with E-state index in [2.05, 4.69) is 10.6 Å². The maximum atomic E-state index is 12.1. The van der Waals surface area contributed by atoms with Crippen LogP contribution in [0.4, 0.5) is 5.69 Å². The van der Waals surface area contributed by atoms with E-state index in [0.29, 0.717) is 22.7 Å². The summed E-state index contributed by atoms with van der Waals surface area (Å²) in [7, 11) is 1.53. The van der Waals surface area contributed by atoms with Crippen LogP contribution in [-0.4, -0.2) is 31.6 Å². The van der Waals surface area contributed by atoms with Crippen LogP contribution >= 0.6 is 0 Å². The molecule has 0 aliphatic rings. The third kappa shape index (κ3) is 6.70. The molecule has 0 spiro atoms. The topological polar surface area (TPSA) is 100 Å². The van der Waals surface area contributed by atoms with Crippen LogP contribution in [0.2, 0.25) is 0 Å². The van der Waals surface area contributed by atoms with Crippen molar-refractivity contribution >= 4 is 23.6 Å². The summed E-state index contributed by atoms with van der Waals surface area (Å²) in [5.41, 5.74) is 1.25. The molecule has 0 aromatic heterocycles. The Balaban J connectivity index is 1.95. The van der Waals surface area contributed by atoms with Crippen molar-refractivity contribution < 1.29 is 19.1 Å². The number of nitrogens with one attached hydrogen (secondary N) is 2. The van der Waals surface area contributed by atoms with Crippen LogP contribution in [-0.2, 0) is 9.59 Å². The van der Waals surface area contributed by atoms with Gasteiger partial charge in [-0.05, 0) is 49.8 Å². The molecule has 0 aliphatic heterocycles. The van der Waals surface area contributed by atoms with Crippen LogP contribution in [0.3, 0.4) is 0 Å². The summed E-state index contributed by atoms with van der Waals surface area (Å²) < 4.78 is 10.7. The molecule has 0 unspecified atom stereocenters. The van der Waals surface area contributed by atoms with Crippen molar-refractivity contribution in [1.29, 1.82) is 5.26 Å². The summed E-state index contributed by atoms with van der Waals surface area (Å²) >= 11 is 0. The smallest absolute Gasteiger partial charge is 0.262 e. The molecule has 2 aromatic rings. The number of para-hydroxylation sites is 2. The average molecular weight is 393 g/mol. The molecule has 2 rings (SSSR count). The number of nitriles is 1. The van der Waals surface area contributed by atoms with Crippen molar-refractivity contribution in [2.45, 2.75) is 19.9 Å². The van der Waals surface area contributed by atoms with Gasteiger partial charge in [0.05, 0.1) is 12.8 Å². The number of carbonyl (C=O) groups is 2. The first-order valence-electron chi connectivity index (χ1n) is 9.01. The van der Waals surface area contributed by atoms with Crippen LogP contribution in [0.15, 0.2) is 54.1 Å². The fourth-order valence-electron chi connectivity index (χ4n) is 2.40. The number of rotatable bonds is 8. The van der Waals surface area contributed by atoms with Crippen molar-refractivity contribution in [3.8, 4) is 17.6 Å². The SMILES string of the molecule is COc1ccccc1NC(=O)COc1ccc(/C=C(\C#N)C(=O)NC(C)C)cc1. The minimum atomic E-state index is -0.421. The lowest BCUT2D eigenvalue weighted by Gasteiger charge is -2.10. The molecule has 29 heavy (non-hydrogen) atoms. The zero-order chi connectivity index (χ0) is 21.2. The molecule has 0 fully saturated rings. The second kappa shape index (κ2) is 10.5. The lowest BCUT2D eigenvalue weighted by Crippen LogP contribution is -2.30. The highest BCUT2D eigenvalue weighted by atomic mass is 16.5. The highest BCUT2D eigenvalue weighted by Gasteiger charge is 2.10. The third-order valence-electron chi connectivity index (χ3n) is 3.73. The summed E-state index contributed by atoms with van der Waals surface area (Å²) in [6, 6.07) is 15.7. The fourth-order valence-corrected chi connectivity index (χ4v) is 2.40. The maximum Gasteiger partial charge on any atom is 0.262 e. The first kappa shape index (κ1) is 21.5. The predicted molar refractivity (Wildman–Crippen MR) is 110 cm³/mol. The number of ether oxygens (including phenoxy) is 2. The van der Waals surface area contributed by atoms with Gasteiger partial charge in [0, 0.05) is 6.04 Å². The van der Waals surface area contributed by atoms with Crippen LogP contribution in [0.5, 0.6) is 11.5 Å². The number of methoxy groups -OCH3 is 1. The Morgan fingerprint density at radius 1 is 1.14 bits per heavy atom. The lowest BCUT2D eigenvalue weighted by atomic mass is 10.1. The van der Waals surface area contributed by atoms with E-state index in [4.69, 9.17) is 9.47 Å². The lowest BCUT2D eigenvalue weighted by molar-refractivity contribution is -0.118. The van der Waals surface area contributed by atoms with Crippen molar-refractivity contribution in [2.24, 2.45) is 0 Å². The van der Waals surface area contributed by atoms with Gasteiger partial charge in [0.25, 0.3) is 11.8 Å². The minimum Gasteiger partial charge on any atom is -0.495 e. The molecule has 0 aliphatic carbocycles. The van der Waals surface area contributed by atoms with Crippen molar-refractivity contribution in [2.75, 3.05) is 19.0 Å². The summed E-state index contributed by atoms with van der Waals surface area (Å²) in [5, 5.41) is 14.6. The molecule has 0 saturated heterocycles. The summed E-state index contributed by atoms with van der Waals surface area (Å²) in [6.45, 7) is 3.47. The molecule has 0 heterocycles. The van der Waals surface area contributed by atoms with E-state index in [9.17, 15) is 14.9 Å². The zero-order valence-corrected chi connectivity index (χ0v) is 16.6. The summed E-state index contributed by atoms with van der Waals surface area (Å²) in [6.07, 6.45) is 1.50. The Kier molecular flexibility index (Phi) is 7.80. The van der Waals surface area contributed by atoms with Gasteiger partial charge in [-0.15, -0.1) is 0 Å². The zero-order valence-electron chi connectivity index (χ0n) is 16.6. The summed E-state index contributed by atoms with van der Waals surface area (Å²) in [4.78, 5) is 24.0. The van der Waals surface area contributed by atoms with Gasteiger partial charge in [0.1, 0.15) is 23.1 Å². The van der Waals surface area contributed by atoms with Gasteiger partial charge in [-0.2, -0.15) is 5.26 Å². The number of anilines is 1. The van der Waals surface area contributed by atoms with E-state index in [0.717, 1.165) is 0 Å². The van der Waals surface area contributed by atoms with Crippen molar-refractivity contribution in [3.05, 3.63) is 59.7 Å². The van der Waals surface area contributed by atoms with Crippen LogP contribution in [0.25, 0.3) is 6.08 Å². The van der Waals surface area contributed by atoms with Gasteiger partial charge < -0.3 is 20.1 Å². The van der Waals surface area contributed by atoms with Gasteiger partial charge in [-0.3, -0.25) is 9.59 Å². The van der Waals surface area contributed by atoms with Crippen LogP contribution < -0.4 is 20.1 Å². The standard InChI is InChI=1S/C22H23N3O4/c1-15(2)24-22(27)17(13-23)12-16-8-10-18(11-9-16)29-14-21(26)25-19-6-4-5-7-20(19)28-3/h4-12,15H,14H2,1-3H3,(H,24,27)(H,25,26)/b17-12+. The Bertz CT molecular complexity index is 928. The molecule has 2 N–H and O–H groups in total. The largest absolute Gasteiger partial charge is 0.495 e. The van der Waals surface area contributed by atoms with Gasteiger partial charge in [0.2, 0.25) is 0 Å². The molecule has 2 aromatic carbocycles. The number of amides is 2. The Hall–Kier alpha value is -3.79. The van der Waals surface area contributed by atoms with E-state index in [1.807, 2.05) is 26.0 Å². The number of hydrogen-bond donors (Lipinski definition) is 2. The first-order chi connectivity index (χ1) is 13.9. The first-order valence-corrected chi connectivity index (χ1v) is 9.01. The van der Waals surface area contributed by atoms with Crippen molar-refractivity contribution in [1.82, 2.24) is 5.32 Å². The molecular formula is C22H23N3O4.